The van der Waals surface area contributed by atoms with Crippen molar-refractivity contribution < 1.29 is 9.59 Å². The van der Waals surface area contributed by atoms with Crippen LogP contribution in [0.15, 0.2) is 91.1 Å². The molecule has 2 atom stereocenters. The number of carbonyl (C=O) groups excluding carboxylic acids is 2. The zero-order valence-electron chi connectivity index (χ0n) is 27.5. The van der Waals surface area contributed by atoms with E-state index in [0.717, 1.165) is 71.2 Å². The molecule has 2 saturated heterocycles. The van der Waals surface area contributed by atoms with E-state index in [1.807, 2.05) is 79.7 Å². The second kappa shape index (κ2) is 12.3. The zero-order chi connectivity index (χ0) is 32.7. The Bertz CT molecular complexity index is 1900. The Morgan fingerprint density at radius 1 is 0.872 bits per heavy atom. The fourth-order valence-electron chi connectivity index (χ4n) is 7.27. The SMILES string of the molecule is Cc1ccc(-n2nc(C(C)(C)C)cc2NC(=O)Nc2ccc(CC3CC4CCC(C3)N4C(=O)c3ccnc4ccccc34)cc2)cc1. The highest BCUT2D eigenvalue weighted by Crippen LogP contribution is 2.41. The lowest BCUT2D eigenvalue weighted by Crippen LogP contribution is -2.47. The molecule has 0 spiro atoms. The number of pyridine rings is 1. The van der Waals surface area contributed by atoms with E-state index in [0.29, 0.717) is 11.7 Å². The summed E-state index contributed by atoms with van der Waals surface area (Å²) in [6.45, 7) is 8.38. The van der Waals surface area contributed by atoms with Crippen LogP contribution in [0.25, 0.3) is 16.6 Å². The average molecular weight is 627 g/mol. The molecule has 2 aliphatic rings. The van der Waals surface area contributed by atoms with Crippen LogP contribution in [-0.2, 0) is 11.8 Å². The highest BCUT2D eigenvalue weighted by molar-refractivity contribution is 6.06. The number of hydrogen-bond acceptors (Lipinski definition) is 4. The lowest BCUT2D eigenvalue weighted by molar-refractivity contribution is 0.0526. The number of piperidine rings is 1. The number of para-hydroxylation sites is 1. The molecule has 4 heterocycles. The summed E-state index contributed by atoms with van der Waals surface area (Å²) in [7, 11) is 0. The maximum atomic E-state index is 13.8. The summed E-state index contributed by atoms with van der Waals surface area (Å²) in [5, 5.41) is 11.7. The molecular formula is C39H42N6O2. The van der Waals surface area contributed by atoms with Crippen molar-refractivity contribution in [2.75, 3.05) is 10.6 Å². The van der Waals surface area contributed by atoms with Crippen LogP contribution < -0.4 is 10.6 Å². The van der Waals surface area contributed by atoms with Gasteiger partial charge in [0.15, 0.2) is 0 Å². The Morgan fingerprint density at radius 2 is 1.57 bits per heavy atom. The molecule has 2 aliphatic heterocycles. The Balaban J connectivity index is 0.981. The minimum atomic E-state index is -0.318. The summed E-state index contributed by atoms with van der Waals surface area (Å²) in [5.74, 6) is 1.27. The predicted molar refractivity (Wildman–Crippen MR) is 187 cm³/mol. The molecule has 2 N–H and O–H groups in total. The molecule has 3 amide bonds. The van der Waals surface area contributed by atoms with Crippen molar-refractivity contribution in [2.45, 2.75) is 77.3 Å². The Labute approximate surface area is 276 Å². The number of hydrogen-bond donors (Lipinski definition) is 2. The van der Waals surface area contributed by atoms with Gasteiger partial charge in [0.1, 0.15) is 5.82 Å². The first kappa shape index (κ1) is 30.7. The fraction of sp³-hybridized carbons (Fsp3) is 0.333. The normalized spacial score (nSPS) is 19.1. The molecule has 3 aromatic carbocycles. The van der Waals surface area contributed by atoms with Crippen molar-refractivity contribution in [2.24, 2.45) is 5.92 Å². The van der Waals surface area contributed by atoms with Crippen molar-refractivity contribution in [1.82, 2.24) is 19.7 Å². The lowest BCUT2D eigenvalue weighted by Gasteiger charge is -2.39. The van der Waals surface area contributed by atoms with Gasteiger partial charge in [-0.3, -0.25) is 15.1 Å². The summed E-state index contributed by atoms with van der Waals surface area (Å²) in [4.78, 5) is 33.5. The van der Waals surface area contributed by atoms with Gasteiger partial charge >= 0.3 is 6.03 Å². The van der Waals surface area contributed by atoms with Crippen LogP contribution in [-0.4, -0.2) is 43.7 Å². The van der Waals surface area contributed by atoms with Gasteiger partial charge in [-0.2, -0.15) is 5.10 Å². The molecular weight excluding hydrogens is 584 g/mol. The number of anilines is 2. The molecule has 2 fully saturated rings. The number of nitrogens with one attached hydrogen (secondary N) is 2. The van der Waals surface area contributed by atoms with Crippen molar-refractivity contribution in [3.8, 4) is 5.69 Å². The van der Waals surface area contributed by atoms with Gasteiger partial charge in [0, 0.05) is 40.8 Å². The molecule has 7 rings (SSSR count). The van der Waals surface area contributed by atoms with Crippen molar-refractivity contribution in [3.63, 3.8) is 0 Å². The molecule has 5 aromatic rings. The summed E-state index contributed by atoms with van der Waals surface area (Å²) >= 11 is 0. The zero-order valence-corrected chi connectivity index (χ0v) is 27.5. The second-order valence-electron chi connectivity index (χ2n) is 14.2. The van der Waals surface area contributed by atoms with Gasteiger partial charge in [0.05, 0.1) is 22.5 Å². The number of aryl methyl sites for hydroxylation is 1. The monoisotopic (exact) mass is 626 g/mol. The van der Waals surface area contributed by atoms with Crippen LogP contribution in [0.3, 0.4) is 0 Å². The largest absolute Gasteiger partial charge is 0.333 e. The first-order valence-electron chi connectivity index (χ1n) is 16.6. The highest BCUT2D eigenvalue weighted by atomic mass is 16.2. The summed E-state index contributed by atoms with van der Waals surface area (Å²) in [5.41, 5.74) is 6.37. The molecule has 0 radical (unpaired) electrons. The number of aromatic nitrogens is 3. The van der Waals surface area contributed by atoms with Crippen LogP contribution in [0.1, 0.15) is 73.6 Å². The highest BCUT2D eigenvalue weighted by Gasteiger charge is 2.43. The topological polar surface area (TPSA) is 92.2 Å². The van der Waals surface area contributed by atoms with E-state index in [2.05, 4.69) is 53.4 Å². The van der Waals surface area contributed by atoms with Gasteiger partial charge in [0.25, 0.3) is 5.91 Å². The van der Waals surface area contributed by atoms with Gasteiger partial charge < -0.3 is 10.2 Å². The van der Waals surface area contributed by atoms with Crippen LogP contribution >= 0.6 is 0 Å². The van der Waals surface area contributed by atoms with Crippen molar-refractivity contribution in [1.29, 1.82) is 0 Å². The van der Waals surface area contributed by atoms with Gasteiger partial charge in [-0.15, -0.1) is 0 Å². The molecule has 240 valence electrons. The number of urea groups is 1. The quantitative estimate of drug-likeness (QED) is 0.198. The van der Waals surface area contributed by atoms with Gasteiger partial charge in [-0.25, -0.2) is 9.48 Å². The molecule has 2 aromatic heterocycles. The third-order valence-electron chi connectivity index (χ3n) is 9.68. The minimum Gasteiger partial charge on any atom is -0.333 e. The van der Waals surface area contributed by atoms with E-state index in [1.54, 1.807) is 10.9 Å². The number of benzene rings is 3. The smallest absolute Gasteiger partial charge is 0.324 e. The predicted octanol–water partition coefficient (Wildman–Crippen LogP) is 8.30. The van der Waals surface area contributed by atoms with E-state index in [1.165, 1.54) is 5.56 Å². The Hall–Kier alpha value is -4.98. The summed E-state index contributed by atoms with van der Waals surface area (Å²) in [6, 6.07) is 28.2. The number of fused-ring (bicyclic) bond motifs is 3. The van der Waals surface area contributed by atoms with Crippen LogP contribution in [0, 0.1) is 12.8 Å². The third-order valence-corrected chi connectivity index (χ3v) is 9.68. The van der Waals surface area contributed by atoms with Crippen LogP contribution in [0.5, 0.6) is 0 Å². The molecule has 8 nitrogen and oxygen atoms in total. The first-order valence-corrected chi connectivity index (χ1v) is 16.6. The lowest BCUT2D eigenvalue weighted by atomic mass is 9.85. The number of amides is 3. The van der Waals surface area contributed by atoms with E-state index in [-0.39, 0.29) is 29.4 Å². The Kier molecular flexibility index (Phi) is 8.04. The second-order valence-corrected chi connectivity index (χ2v) is 14.2. The first-order chi connectivity index (χ1) is 22.6. The molecule has 8 heteroatoms. The summed E-state index contributed by atoms with van der Waals surface area (Å²) < 4.78 is 1.79. The van der Waals surface area contributed by atoms with Crippen molar-refractivity contribution in [3.05, 3.63) is 114 Å². The standard InChI is InChI=1S/C39H42N6O2/c1-25-9-15-29(16-10-25)45-36(24-35(43-45)39(2,3)4)42-38(47)41-28-13-11-26(12-14-28)21-27-22-30-17-18-31(23-27)44(30)37(46)33-19-20-40-34-8-6-5-7-32(33)34/h5-16,19-20,24,27,30-31H,17-18,21-23H2,1-4H3,(H2,41,42,47). The minimum absolute atomic E-state index is 0.139. The van der Waals surface area contributed by atoms with E-state index >= 15 is 0 Å². The Morgan fingerprint density at radius 3 is 2.28 bits per heavy atom. The summed E-state index contributed by atoms with van der Waals surface area (Å²) in [6.07, 6.45) is 6.86. The molecule has 2 bridgehead atoms. The number of rotatable bonds is 6. The van der Waals surface area contributed by atoms with Crippen LogP contribution in [0.4, 0.5) is 16.3 Å². The van der Waals surface area contributed by atoms with E-state index in [4.69, 9.17) is 5.10 Å². The van der Waals surface area contributed by atoms with E-state index < -0.39 is 0 Å². The maximum Gasteiger partial charge on any atom is 0.324 e. The average Bonchev–Trinajstić information content (AvgIpc) is 3.60. The van der Waals surface area contributed by atoms with Crippen molar-refractivity contribution >= 4 is 34.3 Å². The molecule has 47 heavy (non-hydrogen) atoms. The number of carbonyl (C=O) groups is 2. The van der Waals surface area contributed by atoms with Gasteiger partial charge in [-0.1, -0.05) is 68.8 Å². The fourth-order valence-corrected chi connectivity index (χ4v) is 7.27. The van der Waals surface area contributed by atoms with Crippen LogP contribution in [0.2, 0.25) is 0 Å². The van der Waals surface area contributed by atoms with Gasteiger partial charge in [0.2, 0.25) is 0 Å². The molecule has 0 saturated carbocycles. The molecule has 0 aliphatic carbocycles. The third kappa shape index (κ3) is 6.37. The molecule has 2 unspecified atom stereocenters. The van der Waals surface area contributed by atoms with E-state index in [9.17, 15) is 9.59 Å². The number of nitrogens with zero attached hydrogens (tertiary/aromatic N) is 4. The van der Waals surface area contributed by atoms with Gasteiger partial charge in [-0.05, 0) is 86.9 Å². The maximum absolute atomic E-state index is 13.8.